The van der Waals surface area contributed by atoms with Crippen molar-refractivity contribution in [3.05, 3.63) is 0 Å². The molecule has 1 aliphatic rings. The molecule has 1 heterocycles. The van der Waals surface area contributed by atoms with Crippen LogP contribution in [0.1, 0.15) is 35.0 Å². The lowest BCUT2D eigenvalue weighted by Gasteiger charge is -2.45. The molecule has 1 rings (SSSR count). The van der Waals surface area contributed by atoms with Gasteiger partial charge in [-0.25, -0.2) is 4.79 Å². The summed E-state index contributed by atoms with van der Waals surface area (Å²) in [6, 6.07) is 0. The second-order valence-electron chi connectivity index (χ2n) is 4.92. The maximum Gasteiger partial charge on any atom is 0.336 e. The first kappa shape index (κ1) is 13.7. The number of hydrogen-bond acceptors (Lipinski definition) is 5. The van der Waals surface area contributed by atoms with Crippen LogP contribution in [0.25, 0.3) is 0 Å². The van der Waals surface area contributed by atoms with Crippen molar-refractivity contribution < 1.29 is 31.3 Å². The molecular formula is C12H22O6. The molecule has 6 heteroatoms. The molecule has 0 aromatic carbocycles. The number of carbonyl (C=O) groups is 1. The minimum Gasteiger partial charge on any atom is -0.479 e. The topological polar surface area (TPSA) is 107 Å². The molecule has 1 fully saturated rings. The van der Waals surface area contributed by atoms with Crippen LogP contribution in [0.15, 0.2) is 0 Å². The summed E-state index contributed by atoms with van der Waals surface area (Å²) in [6.07, 6.45) is -4.59. The van der Waals surface area contributed by atoms with Gasteiger partial charge in [0.1, 0.15) is 6.10 Å². The first-order chi connectivity index (χ1) is 8.79. The van der Waals surface area contributed by atoms with Crippen molar-refractivity contribution >= 4 is 5.97 Å². The molecule has 0 bridgehead atoms. The Labute approximate surface area is 108 Å². The lowest BCUT2D eigenvalue weighted by molar-refractivity contribution is -0.235. The number of rotatable bonds is 4. The second-order valence-corrected chi connectivity index (χ2v) is 4.92. The van der Waals surface area contributed by atoms with Gasteiger partial charge in [-0.2, -0.15) is 0 Å². The van der Waals surface area contributed by atoms with E-state index in [2.05, 4.69) is 0 Å². The molecule has 6 unspecified atom stereocenters. The van der Waals surface area contributed by atoms with Crippen molar-refractivity contribution in [3.63, 3.8) is 0 Å². The summed E-state index contributed by atoms with van der Waals surface area (Å²) in [5.74, 6) is -1.71. The lowest BCUT2D eigenvalue weighted by atomic mass is 9.79. The molecule has 0 aliphatic carbocycles. The fourth-order valence-electron chi connectivity index (χ4n) is 2.27. The number of aliphatic hydroxyl groups excluding tert-OH is 3. The monoisotopic (exact) mass is 263 g/mol. The maximum absolute atomic E-state index is 11.3. The quantitative estimate of drug-likeness (QED) is 0.557. The number of carboxylic acid groups (broad SMARTS) is 1. The Bertz CT molecular complexity index is 325. The summed E-state index contributed by atoms with van der Waals surface area (Å²) in [4.78, 5) is 11.3. The van der Waals surface area contributed by atoms with Crippen LogP contribution >= 0.6 is 0 Å². The highest BCUT2D eigenvalue weighted by Gasteiger charge is 2.51. The molecule has 0 aromatic heterocycles. The molecule has 0 spiro atoms. The molecule has 1 aliphatic heterocycles. The minimum absolute atomic E-state index is 0.0554. The highest BCUT2D eigenvalue weighted by molar-refractivity contribution is 5.77. The highest BCUT2D eigenvalue weighted by atomic mass is 16.6. The van der Waals surface area contributed by atoms with E-state index >= 15 is 0 Å². The van der Waals surface area contributed by atoms with Crippen molar-refractivity contribution in [2.24, 2.45) is 5.92 Å². The van der Waals surface area contributed by atoms with Gasteiger partial charge < -0.3 is 25.2 Å². The standard InChI is InChI=1S/C12H22O6/c1-4-12(11(16)17)5-8(14)6(2)10(18-12)9(15)7(3)13/h6-10,13-15H,4-5H2,1-3H3,(H,16,17)/i3D. The van der Waals surface area contributed by atoms with Crippen molar-refractivity contribution in [3.8, 4) is 0 Å². The van der Waals surface area contributed by atoms with Crippen LogP contribution in [0.3, 0.4) is 0 Å². The Hall–Kier alpha value is -0.690. The van der Waals surface area contributed by atoms with E-state index in [1.165, 1.54) is 0 Å². The molecule has 106 valence electrons. The van der Waals surface area contributed by atoms with Gasteiger partial charge in [0.05, 0.1) is 18.3 Å². The highest BCUT2D eigenvalue weighted by Crippen LogP contribution is 2.37. The summed E-state index contributed by atoms with van der Waals surface area (Å²) in [5, 5.41) is 38.7. The molecule has 0 radical (unpaired) electrons. The van der Waals surface area contributed by atoms with Gasteiger partial charge in [0.2, 0.25) is 0 Å². The SMILES string of the molecule is [2H]CC(O)C(O)C1OC(CC)(C(=O)O)CC(O)C1C. The third-order valence-electron chi connectivity index (χ3n) is 3.72. The minimum atomic E-state index is -1.56. The maximum atomic E-state index is 11.3. The number of aliphatic carboxylic acids is 1. The summed E-state index contributed by atoms with van der Waals surface area (Å²) < 4.78 is 12.6. The van der Waals surface area contributed by atoms with Crippen molar-refractivity contribution in [1.82, 2.24) is 0 Å². The summed E-state index contributed by atoms with van der Waals surface area (Å²) >= 11 is 0. The molecule has 6 nitrogen and oxygen atoms in total. The normalized spacial score (nSPS) is 40.9. The van der Waals surface area contributed by atoms with Gasteiger partial charge in [-0.15, -0.1) is 0 Å². The molecule has 6 atom stereocenters. The van der Waals surface area contributed by atoms with Crippen LogP contribution in [-0.2, 0) is 9.53 Å². The first-order valence-electron chi connectivity index (χ1n) is 6.74. The van der Waals surface area contributed by atoms with E-state index in [4.69, 9.17) is 6.11 Å². The van der Waals surface area contributed by atoms with Crippen LogP contribution < -0.4 is 0 Å². The Morgan fingerprint density at radius 2 is 2.22 bits per heavy atom. The summed E-state index contributed by atoms with van der Waals surface area (Å²) in [5.41, 5.74) is -1.56. The van der Waals surface area contributed by atoms with Gasteiger partial charge in [0.25, 0.3) is 0 Å². The zero-order valence-electron chi connectivity index (χ0n) is 11.6. The first-order valence-corrected chi connectivity index (χ1v) is 6.03. The predicted molar refractivity (Wildman–Crippen MR) is 63.0 cm³/mol. The van der Waals surface area contributed by atoms with E-state index in [9.17, 15) is 25.2 Å². The average Bonchev–Trinajstić information content (AvgIpc) is 2.39. The fourth-order valence-corrected chi connectivity index (χ4v) is 2.27. The van der Waals surface area contributed by atoms with Crippen LogP contribution in [0.2, 0.25) is 0 Å². The number of carboxylic acids is 1. The smallest absolute Gasteiger partial charge is 0.336 e. The molecule has 0 amide bonds. The third kappa shape index (κ3) is 2.66. The van der Waals surface area contributed by atoms with E-state index in [0.29, 0.717) is 0 Å². The van der Waals surface area contributed by atoms with E-state index in [-0.39, 0.29) is 12.8 Å². The van der Waals surface area contributed by atoms with Gasteiger partial charge in [0, 0.05) is 13.7 Å². The van der Waals surface area contributed by atoms with Gasteiger partial charge in [-0.1, -0.05) is 13.8 Å². The van der Waals surface area contributed by atoms with Gasteiger partial charge in [0.15, 0.2) is 5.60 Å². The van der Waals surface area contributed by atoms with Crippen LogP contribution in [-0.4, -0.2) is 56.4 Å². The van der Waals surface area contributed by atoms with Crippen molar-refractivity contribution in [2.75, 3.05) is 0 Å². The van der Waals surface area contributed by atoms with E-state index in [1.54, 1.807) is 13.8 Å². The second kappa shape index (κ2) is 5.52. The van der Waals surface area contributed by atoms with Gasteiger partial charge in [-0.05, 0) is 13.3 Å². The van der Waals surface area contributed by atoms with E-state index in [1.807, 2.05) is 0 Å². The van der Waals surface area contributed by atoms with Crippen LogP contribution in [0.4, 0.5) is 0 Å². The van der Waals surface area contributed by atoms with Crippen LogP contribution in [0.5, 0.6) is 0 Å². The Kier molecular flexibility index (Phi) is 4.21. The van der Waals surface area contributed by atoms with E-state index < -0.39 is 48.8 Å². The molecular weight excluding hydrogens is 240 g/mol. The average molecular weight is 263 g/mol. The number of aliphatic hydroxyl groups is 3. The summed E-state index contributed by atoms with van der Waals surface area (Å²) in [7, 11) is 0. The fraction of sp³-hybridized carbons (Fsp3) is 0.917. The number of hydrogen-bond donors (Lipinski definition) is 4. The van der Waals surface area contributed by atoms with Gasteiger partial charge >= 0.3 is 5.97 Å². The summed E-state index contributed by atoms with van der Waals surface area (Å²) in [6.45, 7) is 2.83. The number of ether oxygens (including phenoxy) is 1. The molecule has 0 saturated carbocycles. The third-order valence-corrected chi connectivity index (χ3v) is 3.72. The zero-order chi connectivity index (χ0) is 14.8. The van der Waals surface area contributed by atoms with Crippen LogP contribution in [0, 0.1) is 5.92 Å². The molecule has 0 aromatic rings. The molecule has 4 N–H and O–H groups in total. The Morgan fingerprint density at radius 1 is 1.61 bits per heavy atom. The Balaban J connectivity index is 2.99. The van der Waals surface area contributed by atoms with E-state index in [0.717, 1.165) is 0 Å². The molecule has 1 saturated heterocycles. The zero-order valence-corrected chi connectivity index (χ0v) is 10.6. The van der Waals surface area contributed by atoms with Crippen molar-refractivity contribution in [1.29, 1.82) is 0 Å². The predicted octanol–water partition coefficient (Wildman–Crippen LogP) is -0.253. The lowest BCUT2D eigenvalue weighted by Crippen LogP contribution is -2.59. The van der Waals surface area contributed by atoms with Crippen molar-refractivity contribution in [2.45, 2.75) is 63.6 Å². The largest absolute Gasteiger partial charge is 0.479 e. The molecule has 18 heavy (non-hydrogen) atoms. The van der Waals surface area contributed by atoms with Gasteiger partial charge in [-0.3, -0.25) is 0 Å². The Morgan fingerprint density at radius 3 is 2.67 bits per heavy atom.